The SMILES string of the molecule is CC1C(CN[S+](C)[O-])CN(c2cc(-c3cnc(/C=C\C(=N)C(F)F)[nH]3)ncn2)CC1(F)F. The lowest BCUT2D eigenvalue weighted by atomic mass is 9.84. The number of rotatable bonds is 8. The standard InChI is InChI=1S/C19H23F4N7OS/c1-11-12(6-28-32(2)31)8-30(9-19(11,22)23)17-5-14(26-10-27-17)15-7-25-16(29-15)4-3-13(24)18(20)21/h3-5,7,10-12,18,24,28H,6,8-9H2,1-2H3,(H,25,29)/b4-3-,24-13?. The maximum atomic E-state index is 14.7. The minimum Gasteiger partial charge on any atom is -0.598 e. The van der Waals surface area contributed by atoms with Gasteiger partial charge in [-0.05, 0) is 12.2 Å². The first-order valence-corrected chi connectivity index (χ1v) is 11.2. The van der Waals surface area contributed by atoms with Crippen molar-refractivity contribution in [1.29, 1.82) is 5.41 Å². The molecule has 2 aromatic rings. The zero-order valence-corrected chi connectivity index (χ0v) is 18.2. The van der Waals surface area contributed by atoms with Crippen LogP contribution in [0.4, 0.5) is 23.4 Å². The second-order valence-corrected chi connectivity index (χ2v) is 8.72. The van der Waals surface area contributed by atoms with Gasteiger partial charge in [0.1, 0.15) is 24.2 Å². The molecule has 8 nitrogen and oxygen atoms in total. The molecule has 1 saturated heterocycles. The van der Waals surface area contributed by atoms with Crippen LogP contribution in [0.1, 0.15) is 12.7 Å². The van der Waals surface area contributed by atoms with Crippen LogP contribution >= 0.6 is 0 Å². The lowest BCUT2D eigenvalue weighted by Crippen LogP contribution is -2.55. The summed E-state index contributed by atoms with van der Waals surface area (Å²) in [6.07, 6.45) is 3.41. The molecule has 0 amide bonds. The van der Waals surface area contributed by atoms with Gasteiger partial charge in [0, 0.05) is 42.4 Å². The highest BCUT2D eigenvalue weighted by molar-refractivity contribution is 7.88. The molecular weight excluding hydrogens is 450 g/mol. The van der Waals surface area contributed by atoms with Gasteiger partial charge in [0.05, 0.1) is 29.8 Å². The molecular formula is C19H23F4N7OS. The van der Waals surface area contributed by atoms with E-state index in [9.17, 15) is 22.1 Å². The number of piperidine rings is 1. The highest BCUT2D eigenvalue weighted by atomic mass is 32.2. The van der Waals surface area contributed by atoms with Crippen LogP contribution in [-0.4, -0.2) is 68.4 Å². The van der Waals surface area contributed by atoms with E-state index < -0.39 is 47.8 Å². The molecule has 0 saturated carbocycles. The van der Waals surface area contributed by atoms with Gasteiger partial charge in [0.2, 0.25) is 0 Å². The number of nitrogens with one attached hydrogen (secondary N) is 3. The van der Waals surface area contributed by atoms with E-state index in [4.69, 9.17) is 5.41 Å². The van der Waals surface area contributed by atoms with Crippen molar-refractivity contribution in [2.75, 3.05) is 30.8 Å². The molecule has 0 bridgehead atoms. The summed E-state index contributed by atoms with van der Waals surface area (Å²) in [7, 11) is 0. The Bertz CT molecular complexity index is 969. The smallest absolute Gasteiger partial charge is 0.279 e. The van der Waals surface area contributed by atoms with Crippen molar-refractivity contribution in [3.8, 4) is 11.4 Å². The van der Waals surface area contributed by atoms with E-state index in [1.165, 1.54) is 42.7 Å². The normalized spacial score (nSPS) is 21.9. The van der Waals surface area contributed by atoms with Crippen molar-refractivity contribution in [3.05, 3.63) is 30.5 Å². The number of halogens is 4. The van der Waals surface area contributed by atoms with Crippen molar-refractivity contribution in [1.82, 2.24) is 24.7 Å². The summed E-state index contributed by atoms with van der Waals surface area (Å²) < 4.78 is 68.2. The summed E-state index contributed by atoms with van der Waals surface area (Å²) in [5, 5.41) is 7.13. The van der Waals surface area contributed by atoms with E-state index in [0.29, 0.717) is 23.8 Å². The molecule has 2 aromatic heterocycles. The quantitative estimate of drug-likeness (QED) is 0.308. The summed E-state index contributed by atoms with van der Waals surface area (Å²) >= 11 is -1.31. The van der Waals surface area contributed by atoms with Crippen LogP contribution in [0.25, 0.3) is 17.5 Å². The predicted octanol–water partition coefficient (Wildman–Crippen LogP) is 2.76. The largest absolute Gasteiger partial charge is 0.598 e. The average Bonchev–Trinajstić information content (AvgIpc) is 3.22. The van der Waals surface area contributed by atoms with E-state index in [1.807, 2.05) is 0 Å². The molecule has 3 unspecified atom stereocenters. The average molecular weight is 474 g/mol. The van der Waals surface area contributed by atoms with Gasteiger partial charge in [-0.2, -0.15) is 0 Å². The fourth-order valence-corrected chi connectivity index (χ4v) is 3.80. The maximum Gasteiger partial charge on any atom is 0.279 e. The second-order valence-electron chi connectivity index (χ2n) is 7.53. The van der Waals surface area contributed by atoms with Crippen LogP contribution in [0.5, 0.6) is 0 Å². The summed E-state index contributed by atoms with van der Waals surface area (Å²) in [6.45, 7) is 1.45. The van der Waals surface area contributed by atoms with Crippen molar-refractivity contribution >= 4 is 29.0 Å². The van der Waals surface area contributed by atoms with Crippen LogP contribution in [0.2, 0.25) is 0 Å². The van der Waals surface area contributed by atoms with Crippen LogP contribution < -0.4 is 9.62 Å². The van der Waals surface area contributed by atoms with Gasteiger partial charge < -0.3 is 14.4 Å². The van der Waals surface area contributed by atoms with Gasteiger partial charge in [0.25, 0.3) is 12.3 Å². The number of anilines is 1. The van der Waals surface area contributed by atoms with E-state index >= 15 is 0 Å². The Morgan fingerprint density at radius 3 is 2.88 bits per heavy atom. The zero-order chi connectivity index (χ0) is 23.5. The molecule has 1 aliphatic rings. The number of aromatic amines is 1. The number of aromatic nitrogens is 4. The first-order valence-electron chi connectivity index (χ1n) is 9.68. The highest BCUT2D eigenvalue weighted by Gasteiger charge is 2.47. The topological polar surface area (TPSA) is 117 Å². The van der Waals surface area contributed by atoms with Gasteiger partial charge in [-0.25, -0.2) is 32.5 Å². The first-order chi connectivity index (χ1) is 15.1. The summed E-state index contributed by atoms with van der Waals surface area (Å²) in [6, 6.07) is 1.54. The van der Waals surface area contributed by atoms with Crippen LogP contribution in [0.15, 0.2) is 24.7 Å². The number of H-pyrrole nitrogens is 1. The predicted molar refractivity (Wildman–Crippen MR) is 114 cm³/mol. The molecule has 1 fully saturated rings. The molecule has 174 valence electrons. The first kappa shape index (κ1) is 24.1. The number of allylic oxidation sites excluding steroid dienone is 1. The fourth-order valence-electron chi connectivity index (χ4n) is 3.35. The molecule has 1 aliphatic heterocycles. The Balaban J connectivity index is 1.79. The summed E-state index contributed by atoms with van der Waals surface area (Å²) in [5.41, 5.74) is -0.0190. The molecule has 0 aromatic carbocycles. The molecule has 13 heteroatoms. The Morgan fingerprint density at radius 2 is 2.19 bits per heavy atom. The molecule has 0 radical (unpaired) electrons. The van der Waals surface area contributed by atoms with Crippen molar-refractivity contribution in [2.24, 2.45) is 11.8 Å². The van der Waals surface area contributed by atoms with Gasteiger partial charge in [-0.3, -0.25) is 5.41 Å². The zero-order valence-electron chi connectivity index (χ0n) is 17.4. The molecule has 32 heavy (non-hydrogen) atoms. The Kier molecular flexibility index (Phi) is 7.51. The van der Waals surface area contributed by atoms with Crippen molar-refractivity contribution in [3.63, 3.8) is 0 Å². The number of alkyl halides is 4. The van der Waals surface area contributed by atoms with Crippen LogP contribution in [-0.2, 0) is 11.4 Å². The molecule has 3 N–H and O–H groups in total. The maximum absolute atomic E-state index is 14.7. The molecule has 3 atom stereocenters. The molecule has 0 spiro atoms. The number of nitrogens with zero attached hydrogens (tertiary/aromatic N) is 4. The van der Waals surface area contributed by atoms with Crippen molar-refractivity contribution < 1.29 is 22.1 Å². The molecule has 3 rings (SSSR count). The summed E-state index contributed by atoms with van der Waals surface area (Å²) in [4.78, 5) is 16.7. The number of hydrogen-bond acceptors (Lipinski definition) is 7. The van der Waals surface area contributed by atoms with E-state index in [1.54, 1.807) is 0 Å². The van der Waals surface area contributed by atoms with Gasteiger partial charge >= 0.3 is 0 Å². The number of hydrogen-bond donors (Lipinski definition) is 3. The third kappa shape index (κ3) is 5.84. The third-order valence-corrected chi connectivity index (χ3v) is 5.86. The van der Waals surface area contributed by atoms with Crippen LogP contribution in [0, 0.1) is 17.2 Å². The van der Waals surface area contributed by atoms with Crippen LogP contribution in [0.3, 0.4) is 0 Å². The Labute approximate surface area is 185 Å². The number of imidazole rings is 1. The monoisotopic (exact) mass is 473 g/mol. The van der Waals surface area contributed by atoms with Crippen molar-refractivity contribution in [2.45, 2.75) is 19.3 Å². The highest BCUT2D eigenvalue weighted by Crippen LogP contribution is 2.37. The van der Waals surface area contributed by atoms with Gasteiger partial charge in [-0.1, -0.05) is 6.92 Å². The lowest BCUT2D eigenvalue weighted by Gasteiger charge is -2.42. The molecule has 3 heterocycles. The van der Waals surface area contributed by atoms with E-state index in [0.717, 1.165) is 6.08 Å². The Morgan fingerprint density at radius 1 is 1.44 bits per heavy atom. The summed E-state index contributed by atoms with van der Waals surface area (Å²) in [5.74, 6) is -3.77. The second kappa shape index (κ2) is 9.96. The Hall–Kier alpha value is -2.51. The van der Waals surface area contributed by atoms with Gasteiger partial charge in [-0.15, -0.1) is 4.72 Å². The lowest BCUT2D eigenvalue weighted by molar-refractivity contribution is -0.0784. The minimum absolute atomic E-state index is 0.179. The third-order valence-electron chi connectivity index (χ3n) is 5.28. The van der Waals surface area contributed by atoms with Gasteiger partial charge in [0.15, 0.2) is 0 Å². The molecule has 0 aliphatic carbocycles. The van der Waals surface area contributed by atoms with E-state index in [-0.39, 0.29) is 12.4 Å². The minimum atomic E-state index is -2.97. The van der Waals surface area contributed by atoms with E-state index in [2.05, 4.69) is 24.7 Å². The fraction of sp³-hybridized carbons (Fsp3) is 0.474.